The molecule has 1 aromatic rings. The fourth-order valence-corrected chi connectivity index (χ4v) is 4.33. The van der Waals surface area contributed by atoms with Gasteiger partial charge in [-0.15, -0.1) is 0 Å². The normalized spacial score (nSPS) is 18.4. The van der Waals surface area contributed by atoms with E-state index in [-0.39, 0.29) is 37.8 Å². The van der Waals surface area contributed by atoms with Gasteiger partial charge in [-0.1, -0.05) is 6.42 Å². The number of aliphatic carboxylic acids is 1. The Labute approximate surface area is 172 Å². The zero-order valence-electron chi connectivity index (χ0n) is 16.4. The first-order valence-electron chi connectivity index (χ1n) is 9.53. The molecule has 0 amide bonds. The summed E-state index contributed by atoms with van der Waals surface area (Å²) in [5.41, 5.74) is -1.95. The van der Waals surface area contributed by atoms with Crippen LogP contribution in [0.15, 0.2) is 0 Å². The average Bonchev–Trinajstić information content (AvgIpc) is 2.93. The summed E-state index contributed by atoms with van der Waals surface area (Å²) in [7, 11) is -4.17. The lowest BCUT2D eigenvalue weighted by Gasteiger charge is -2.19. The van der Waals surface area contributed by atoms with Gasteiger partial charge in [0.1, 0.15) is 6.54 Å². The number of nitrogens with zero attached hydrogens (tertiary/aromatic N) is 1. The van der Waals surface area contributed by atoms with E-state index in [1.54, 1.807) is 0 Å². The Balaban J connectivity index is 2.27. The van der Waals surface area contributed by atoms with E-state index < -0.39 is 56.2 Å². The standard InChI is InChI=1S/C19H23F4NO5S/c1-19(8-4-6-10-30(27,28)29)11-24(9-5-2-3-7-12(25)26)18-13(19)14(20)15(21)16(22)17(18)23/h11H,2-10H2,1H3,(H-,25,26,27,28,29)/p+1. The zero-order chi connectivity index (χ0) is 22.7. The summed E-state index contributed by atoms with van der Waals surface area (Å²) in [6.07, 6.45) is 3.11. The molecule has 11 heteroatoms. The molecule has 2 N–H and O–H groups in total. The fraction of sp³-hybridized carbons (Fsp3) is 0.579. The fourth-order valence-electron chi connectivity index (χ4n) is 3.76. The van der Waals surface area contributed by atoms with Gasteiger partial charge in [-0.05, 0) is 32.6 Å². The Hall–Kier alpha value is -2.01. The number of carboxylic acids is 1. The summed E-state index contributed by atoms with van der Waals surface area (Å²) in [4.78, 5) is 10.6. The quantitative estimate of drug-likeness (QED) is 0.132. The third kappa shape index (κ3) is 5.57. The second-order valence-electron chi connectivity index (χ2n) is 7.67. The van der Waals surface area contributed by atoms with Gasteiger partial charge in [0.05, 0.1) is 16.7 Å². The van der Waals surface area contributed by atoms with Gasteiger partial charge in [-0.3, -0.25) is 9.35 Å². The first-order chi connectivity index (χ1) is 13.9. The summed E-state index contributed by atoms with van der Waals surface area (Å²) < 4.78 is 88.7. The van der Waals surface area contributed by atoms with Crippen LogP contribution in [0.1, 0.15) is 57.4 Å². The third-order valence-electron chi connectivity index (χ3n) is 5.18. The van der Waals surface area contributed by atoms with Crippen LogP contribution in [0.3, 0.4) is 0 Å². The van der Waals surface area contributed by atoms with Crippen LogP contribution in [0.25, 0.3) is 0 Å². The van der Waals surface area contributed by atoms with Gasteiger partial charge >= 0.3 is 5.97 Å². The molecule has 30 heavy (non-hydrogen) atoms. The molecule has 1 heterocycles. The number of halogens is 4. The van der Waals surface area contributed by atoms with E-state index in [9.17, 15) is 30.8 Å². The molecule has 6 nitrogen and oxygen atoms in total. The van der Waals surface area contributed by atoms with Crippen molar-refractivity contribution in [2.75, 3.05) is 12.3 Å². The molecule has 1 atom stereocenters. The molecule has 0 saturated heterocycles. The van der Waals surface area contributed by atoms with Crippen molar-refractivity contribution in [2.24, 2.45) is 0 Å². The molecule has 0 aromatic heterocycles. The van der Waals surface area contributed by atoms with E-state index in [4.69, 9.17) is 9.66 Å². The van der Waals surface area contributed by atoms with Crippen LogP contribution in [0.2, 0.25) is 0 Å². The summed E-state index contributed by atoms with van der Waals surface area (Å²) >= 11 is 0. The maximum atomic E-state index is 14.6. The average molecular weight is 454 g/mol. The molecule has 1 unspecified atom stereocenters. The van der Waals surface area contributed by atoms with Crippen LogP contribution in [0, 0.1) is 23.3 Å². The van der Waals surface area contributed by atoms with Crippen LogP contribution in [-0.4, -0.2) is 47.1 Å². The van der Waals surface area contributed by atoms with Crippen molar-refractivity contribution in [3.8, 4) is 0 Å². The molecule has 0 bridgehead atoms. The molecule has 0 aliphatic carbocycles. The molecular weight excluding hydrogens is 430 g/mol. The molecule has 1 aromatic carbocycles. The molecule has 1 aliphatic rings. The second kappa shape index (κ2) is 9.42. The number of fused-ring (bicyclic) bond motifs is 1. The van der Waals surface area contributed by atoms with E-state index in [0.717, 1.165) is 0 Å². The van der Waals surface area contributed by atoms with Crippen molar-refractivity contribution in [3.05, 3.63) is 28.8 Å². The van der Waals surface area contributed by atoms with Crippen molar-refractivity contribution < 1.29 is 45.0 Å². The molecular formula is C19H24F4NO5S+. The largest absolute Gasteiger partial charge is 0.481 e. The summed E-state index contributed by atoms with van der Waals surface area (Å²) in [6, 6.07) is 0. The SMILES string of the molecule is CC1(CCCCS(=O)(=O)O)C=[N+](CCCCCC(=O)O)c2c(F)c(F)c(F)c(F)c21. The Morgan fingerprint density at radius 1 is 1.00 bits per heavy atom. The Kier molecular flexibility index (Phi) is 7.62. The molecule has 168 valence electrons. The minimum Gasteiger partial charge on any atom is -0.481 e. The van der Waals surface area contributed by atoms with Crippen LogP contribution < -0.4 is 0 Å². The summed E-state index contributed by atoms with van der Waals surface area (Å²) in [6.45, 7) is 1.66. The van der Waals surface area contributed by atoms with Crippen molar-refractivity contribution >= 4 is 28.0 Å². The van der Waals surface area contributed by atoms with E-state index >= 15 is 0 Å². The van der Waals surface area contributed by atoms with Gasteiger partial charge in [0, 0.05) is 12.8 Å². The van der Waals surface area contributed by atoms with Crippen LogP contribution in [-0.2, 0) is 20.3 Å². The Morgan fingerprint density at radius 2 is 1.63 bits per heavy atom. The molecule has 0 radical (unpaired) electrons. The lowest BCUT2D eigenvalue weighted by atomic mass is 9.79. The number of unbranched alkanes of at least 4 members (excludes halogenated alkanes) is 3. The number of hydrogen-bond donors (Lipinski definition) is 2. The number of carbonyl (C=O) groups is 1. The first-order valence-corrected chi connectivity index (χ1v) is 11.1. The molecule has 0 spiro atoms. The number of carboxylic acid groups (broad SMARTS) is 1. The van der Waals surface area contributed by atoms with Gasteiger partial charge in [-0.25, -0.2) is 13.2 Å². The molecule has 0 saturated carbocycles. The number of hydrogen-bond acceptors (Lipinski definition) is 3. The summed E-state index contributed by atoms with van der Waals surface area (Å²) in [5.74, 6) is -8.27. The highest BCUT2D eigenvalue weighted by Crippen LogP contribution is 2.44. The highest BCUT2D eigenvalue weighted by Gasteiger charge is 2.47. The predicted octanol–water partition coefficient (Wildman–Crippen LogP) is 3.93. The zero-order valence-corrected chi connectivity index (χ0v) is 17.2. The van der Waals surface area contributed by atoms with Gasteiger partial charge in [0.15, 0.2) is 17.8 Å². The molecule has 2 rings (SSSR count). The maximum Gasteiger partial charge on any atom is 0.303 e. The maximum absolute atomic E-state index is 14.6. The third-order valence-corrected chi connectivity index (χ3v) is 5.98. The van der Waals surface area contributed by atoms with E-state index in [1.165, 1.54) is 17.7 Å². The minimum absolute atomic E-state index is 0.0331. The Morgan fingerprint density at radius 3 is 2.23 bits per heavy atom. The summed E-state index contributed by atoms with van der Waals surface area (Å²) in [5, 5.41) is 8.66. The topological polar surface area (TPSA) is 94.7 Å². The minimum atomic E-state index is -4.17. The van der Waals surface area contributed by atoms with Crippen LogP contribution in [0.5, 0.6) is 0 Å². The number of rotatable bonds is 11. The molecule has 1 aliphatic heterocycles. The van der Waals surface area contributed by atoms with Crippen LogP contribution >= 0.6 is 0 Å². The van der Waals surface area contributed by atoms with E-state index in [0.29, 0.717) is 19.3 Å². The highest BCUT2D eigenvalue weighted by molar-refractivity contribution is 7.85. The van der Waals surface area contributed by atoms with Gasteiger partial charge in [0.25, 0.3) is 15.8 Å². The van der Waals surface area contributed by atoms with E-state index in [1.807, 2.05) is 0 Å². The first kappa shape index (κ1) is 24.3. The van der Waals surface area contributed by atoms with Crippen LogP contribution in [0.4, 0.5) is 23.2 Å². The van der Waals surface area contributed by atoms with Crippen molar-refractivity contribution in [1.82, 2.24) is 0 Å². The lowest BCUT2D eigenvalue weighted by molar-refractivity contribution is -0.436. The smallest absolute Gasteiger partial charge is 0.303 e. The van der Waals surface area contributed by atoms with Gasteiger partial charge in [0.2, 0.25) is 11.6 Å². The number of benzene rings is 1. The van der Waals surface area contributed by atoms with Crippen molar-refractivity contribution in [1.29, 1.82) is 0 Å². The second-order valence-corrected chi connectivity index (χ2v) is 9.24. The predicted molar refractivity (Wildman–Crippen MR) is 101 cm³/mol. The van der Waals surface area contributed by atoms with Gasteiger partial charge < -0.3 is 5.11 Å². The van der Waals surface area contributed by atoms with E-state index in [2.05, 4.69) is 0 Å². The Bertz CT molecular complexity index is 964. The van der Waals surface area contributed by atoms with Crippen molar-refractivity contribution in [3.63, 3.8) is 0 Å². The van der Waals surface area contributed by atoms with Gasteiger partial charge in [-0.2, -0.15) is 17.4 Å². The monoisotopic (exact) mass is 454 g/mol. The highest BCUT2D eigenvalue weighted by atomic mass is 32.2. The molecule has 0 fully saturated rings. The lowest BCUT2D eigenvalue weighted by Crippen LogP contribution is -2.24. The van der Waals surface area contributed by atoms with Crippen molar-refractivity contribution in [2.45, 2.75) is 57.3 Å².